The first-order valence-electron chi connectivity index (χ1n) is 8.99. The highest BCUT2D eigenvalue weighted by Gasteiger charge is 2.21. The van der Waals surface area contributed by atoms with Crippen LogP contribution in [0.5, 0.6) is 0 Å². The van der Waals surface area contributed by atoms with E-state index in [1.807, 2.05) is 22.8 Å². The van der Waals surface area contributed by atoms with E-state index in [2.05, 4.69) is 32.1 Å². The summed E-state index contributed by atoms with van der Waals surface area (Å²) < 4.78 is 3.35. The molecule has 1 saturated heterocycles. The molecule has 27 heavy (non-hydrogen) atoms. The fourth-order valence-corrected chi connectivity index (χ4v) is 3.25. The van der Waals surface area contributed by atoms with Crippen LogP contribution in [0.1, 0.15) is 12.6 Å². The Morgan fingerprint density at radius 1 is 1.26 bits per heavy atom. The van der Waals surface area contributed by atoms with Crippen LogP contribution in [-0.2, 0) is 13.1 Å². The van der Waals surface area contributed by atoms with Gasteiger partial charge in [-0.15, -0.1) is 5.92 Å². The lowest BCUT2D eigenvalue weighted by molar-refractivity contribution is 0.572. The number of hydrogen-bond donors (Lipinski definition) is 1. The third-order valence-electron chi connectivity index (χ3n) is 4.58. The monoisotopic (exact) mass is 363 g/mol. The molecule has 0 unspecified atom stereocenters. The van der Waals surface area contributed by atoms with E-state index in [0.717, 1.165) is 37.8 Å². The van der Waals surface area contributed by atoms with Gasteiger partial charge in [-0.05, 0) is 19.1 Å². The van der Waals surface area contributed by atoms with Gasteiger partial charge in [0.25, 0.3) is 5.56 Å². The number of aromatic nitrogens is 5. The largest absolute Gasteiger partial charge is 0.340 e. The molecular formula is C19H21N7O. The molecule has 8 heteroatoms. The van der Waals surface area contributed by atoms with E-state index in [9.17, 15) is 4.79 Å². The Labute approximate surface area is 156 Å². The van der Waals surface area contributed by atoms with Gasteiger partial charge in [0.15, 0.2) is 0 Å². The molecule has 3 aromatic rings. The average molecular weight is 363 g/mol. The molecule has 1 fully saturated rings. The Hall–Kier alpha value is -3.18. The number of hydrogen-bond acceptors (Lipinski definition) is 6. The van der Waals surface area contributed by atoms with E-state index in [0.29, 0.717) is 24.1 Å². The van der Waals surface area contributed by atoms with Crippen molar-refractivity contribution in [3.63, 3.8) is 0 Å². The van der Waals surface area contributed by atoms with Crippen LogP contribution >= 0.6 is 0 Å². The fraction of sp³-hybridized carbons (Fsp3) is 0.368. The van der Waals surface area contributed by atoms with E-state index in [1.165, 1.54) is 4.68 Å². The van der Waals surface area contributed by atoms with Crippen LogP contribution < -0.4 is 15.8 Å². The minimum atomic E-state index is -0.176. The lowest BCUT2D eigenvalue weighted by Crippen LogP contribution is -2.44. The molecule has 0 bridgehead atoms. The number of fused-ring (bicyclic) bond motifs is 1. The molecule has 4 heterocycles. The summed E-state index contributed by atoms with van der Waals surface area (Å²) in [6.45, 7) is 6.02. The summed E-state index contributed by atoms with van der Waals surface area (Å²) in [5, 5.41) is 7.64. The highest BCUT2D eigenvalue weighted by molar-refractivity contribution is 5.77. The molecule has 3 aromatic heterocycles. The minimum absolute atomic E-state index is 0.176. The molecule has 1 aliphatic heterocycles. The zero-order valence-electron chi connectivity index (χ0n) is 15.2. The topological polar surface area (TPSA) is 80.9 Å². The summed E-state index contributed by atoms with van der Waals surface area (Å²) in [6, 6.07) is 5.63. The summed E-state index contributed by atoms with van der Waals surface area (Å²) >= 11 is 0. The number of anilines is 1. The van der Waals surface area contributed by atoms with Crippen molar-refractivity contribution < 1.29 is 0 Å². The Morgan fingerprint density at radius 2 is 2.11 bits per heavy atom. The molecule has 0 amide bonds. The van der Waals surface area contributed by atoms with Gasteiger partial charge in [-0.25, -0.2) is 9.67 Å². The number of nitrogens with one attached hydrogen (secondary N) is 1. The highest BCUT2D eigenvalue weighted by atomic mass is 16.1. The van der Waals surface area contributed by atoms with E-state index in [4.69, 9.17) is 4.98 Å². The summed E-state index contributed by atoms with van der Waals surface area (Å²) in [7, 11) is 0. The smallest absolute Gasteiger partial charge is 0.293 e. The molecule has 1 aliphatic rings. The predicted octanol–water partition coefficient (Wildman–Crippen LogP) is 0.469. The fourth-order valence-electron chi connectivity index (χ4n) is 3.25. The Bertz CT molecular complexity index is 1050. The van der Waals surface area contributed by atoms with Gasteiger partial charge in [0.2, 0.25) is 5.95 Å². The first kappa shape index (κ1) is 17.2. The van der Waals surface area contributed by atoms with E-state index >= 15 is 0 Å². The van der Waals surface area contributed by atoms with Crippen LogP contribution in [0.2, 0.25) is 0 Å². The lowest BCUT2D eigenvalue weighted by atomic mass is 10.3. The quantitative estimate of drug-likeness (QED) is 0.679. The molecule has 1 N–H and O–H groups in total. The summed E-state index contributed by atoms with van der Waals surface area (Å²) in [5.74, 6) is 6.76. The second kappa shape index (κ2) is 7.60. The van der Waals surface area contributed by atoms with Crippen molar-refractivity contribution in [1.29, 1.82) is 0 Å². The molecular weight excluding hydrogens is 342 g/mol. The lowest BCUT2D eigenvalue weighted by Gasteiger charge is -2.28. The van der Waals surface area contributed by atoms with Gasteiger partial charge in [0.1, 0.15) is 11.0 Å². The zero-order valence-corrected chi connectivity index (χ0v) is 15.2. The molecule has 8 nitrogen and oxygen atoms in total. The van der Waals surface area contributed by atoms with Crippen molar-refractivity contribution in [1.82, 2.24) is 29.6 Å². The predicted molar refractivity (Wildman–Crippen MR) is 104 cm³/mol. The Kier molecular flexibility index (Phi) is 4.85. The van der Waals surface area contributed by atoms with Crippen LogP contribution in [0.15, 0.2) is 35.4 Å². The molecule has 0 saturated carbocycles. The zero-order chi connectivity index (χ0) is 18.6. The second-order valence-corrected chi connectivity index (χ2v) is 6.32. The SMILES string of the molecule is CC#CCn1c(N2CCNCC2)nc2cnn(Cc3ccccn3)c(=O)c21. The molecule has 4 rings (SSSR count). The van der Waals surface area contributed by atoms with E-state index in [1.54, 1.807) is 19.3 Å². The van der Waals surface area contributed by atoms with Gasteiger partial charge in [-0.3, -0.25) is 14.3 Å². The maximum Gasteiger partial charge on any atom is 0.293 e. The standard InChI is InChI=1S/C19H21N7O/c1-2-3-10-25-17-16(23-19(25)24-11-8-20-9-12-24)13-22-26(18(17)27)14-15-6-4-5-7-21-15/h4-7,13,20H,8-12,14H2,1H3. The maximum atomic E-state index is 13.1. The second-order valence-electron chi connectivity index (χ2n) is 6.32. The van der Waals surface area contributed by atoms with Crippen LogP contribution in [0, 0.1) is 11.8 Å². The number of imidazole rings is 1. The van der Waals surface area contributed by atoms with Crippen molar-refractivity contribution in [3.05, 3.63) is 46.6 Å². The Morgan fingerprint density at radius 3 is 2.85 bits per heavy atom. The van der Waals surface area contributed by atoms with Gasteiger partial charge in [0, 0.05) is 32.4 Å². The van der Waals surface area contributed by atoms with Crippen LogP contribution in [-0.4, -0.2) is 50.5 Å². The van der Waals surface area contributed by atoms with Crippen molar-refractivity contribution in [2.45, 2.75) is 20.0 Å². The van der Waals surface area contributed by atoms with Crippen molar-refractivity contribution in [2.75, 3.05) is 31.1 Å². The number of nitrogens with zero attached hydrogens (tertiary/aromatic N) is 6. The van der Waals surface area contributed by atoms with Gasteiger partial charge in [0.05, 0.1) is 25.0 Å². The van der Waals surface area contributed by atoms with Crippen molar-refractivity contribution in [3.8, 4) is 11.8 Å². The minimum Gasteiger partial charge on any atom is -0.340 e. The summed E-state index contributed by atoms with van der Waals surface area (Å²) in [6.07, 6.45) is 3.36. The van der Waals surface area contributed by atoms with E-state index in [-0.39, 0.29) is 5.56 Å². The summed E-state index contributed by atoms with van der Waals surface area (Å²) in [4.78, 5) is 24.3. The average Bonchev–Trinajstić information content (AvgIpc) is 3.09. The van der Waals surface area contributed by atoms with Crippen molar-refractivity contribution in [2.24, 2.45) is 0 Å². The molecule has 138 valence electrons. The summed E-state index contributed by atoms with van der Waals surface area (Å²) in [5.41, 5.74) is 1.75. The normalized spacial score (nSPS) is 14.2. The molecule has 0 aromatic carbocycles. The maximum absolute atomic E-state index is 13.1. The van der Waals surface area contributed by atoms with Crippen LogP contribution in [0.3, 0.4) is 0 Å². The third-order valence-corrected chi connectivity index (χ3v) is 4.58. The first-order chi connectivity index (χ1) is 13.3. The van der Waals surface area contributed by atoms with Crippen molar-refractivity contribution >= 4 is 17.0 Å². The third kappa shape index (κ3) is 3.41. The van der Waals surface area contributed by atoms with Gasteiger partial charge >= 0.3 is 0 Å². The van der Waals surface area contributed by atoms with Gasteiger partial charge in [-0.1, -0.05) is 12.0 Å². The van der Waals surface area contributed by atoms with Gasteiger partial charge in [-0.2, -0.15) is 5.10 Å². The molecule has 0 spiro atoms. The van der Waals surface area contributed by atoms with Crippen LogP contribution in [0.25, 0.3) is 11.0 Å². The highest BCUT2D eigenvalue weighted by Crippen LogP contribution is 2.20. The molecule has 0 atom stereocenters. The number of piperazine rings is 1. The first-order valence-corrected chi connectivity index (χ1v) is 8.99. The molecule has 0 aliphatic carbocycles. The van der Waals surface area contributed by atoms with Crippen LogP contribution in [0.4, 0.5) is 5.95 Å². The van der Waals surface area contributed by atoms with E-state index < -0.39 is 0 Å². The Balaban J connectivity index is 1.81. The number of pyridine rings is 1. The number of rotatable bonds is 4. The van der Waals surface area contributed by atoms with Gasteiger partial charge < -0.3 is 10.2 Å². The molecule has 0 radical (unpaired) electrons.